The van der Waals surface area contributed by atoms with Crippen molar-refractivity contribution in [2.24, 2.45) is 0 Å². The molecule has 2 aromatic rings. The number of nitrogens with zero attached hydrogens (tertiary/aromatic N) is 3. The Labute approximate surface area is 174 Å². The summed E-state index contributed by atoms with van der Waals surface area (Å²) in [5, 5.41) is 0.364. The van der Waals surface area contributed by atoms with Gasteiger partial charge in [0.25, 0.3) is 5.91 Å². The third-order valence-electron chi connectivity index (χ3n) is 5.30. The van der Waals surface area contributed by atoms with Crippen LogP contribution in [0.4, 0.5) is 10.5 Å². The van der Waals surface area contributed by atoms with E-state index >= 15 is 0 Å². The molecular weight excluding hydrogens is 414 g/mol. The van der Waals surface area contributed by atoms with Gasteiger partial charge in [-0.05, 0) is 43.2 Å². The number of piperidine rings is 1. The average Bonchev–Trinajstić information content (AvgIpc) is 3.03. The van der Waals surface area contributed by atoms with E-state index in [9.17, 15) is 18.0 Å². The van der Waals surface area contributed by atoms with E-state index in [1.165, 1.54) is 21.3 Å². The number of para-hydroxylation sites is 1. The van der Waals surface area contributed by atoms with Crippen LogP contribution in [0.1, 0.15) is 12.8 Å². The van der Waals surface area contributed by atoms with Crippen LogP contribution < -0.4 is 4.90 Å². The van der Waals surface area contributed by atoms with Gasteiger partial charge in [-0.2, -0.15) is 4.31 Å². The lowest BCUT2D eigenvalue weighted by Gasteiger charge is -2.35. The second kappa shape index (κ2) is 7.78. The van der Waals surface area contributed by atoms with Gasteiger partial charge in [0.15, 0.2) is 0 Å². The predicted molar refractivity (Wildman–Crippen MR) is 109 cm³/mol. The SMILES string of the molecule is O=C1CN(C2CCN(S(=O)(=O)c3cccc(Cl)c3)CC2)C(=O)N1c1ccccc1. The molecule has 0 atom stereocenters. The highest BCUT2D eigenvalue weighted by molar-refractivity contribution is 7.89. The van der Waals surface area contributed by atoms with Crippen molar-refractivity contribution in [2.45, 2.75) is 23.8 Å². The van der Waals surface area contributed by atoms with Gasteiger partial charge in [0.05, 0.1) is 10.6 Å². The van der Waals surface area contributed by atoms with Crippen molar-refractivity contribution in [1.82, 2.24) is 9.21 Å². The Morgan fingerprint density at radius 1 is 0.931 bits per heavy atom. The van der Waals surface area contributed by atoms with Crippen molar-refractivity contribution in [3.63, 3.8) is 0 Å². The molecule has 152 valence electrons. The third kappa shape index (κ3) is 3.75. The fourth-order valence-electron chi connectivity index (χ4n) is 3.81. The molecule has 2 aliphatic rings. The summed E-state index contributed by atoms with van der Waals surface area (Å²) in [5.41, 5.74) is 0.547. The van der Waals surface area contributed by atoms with Gasteiger partial charge in [0.1, 0.15) is 6.54 Å². The number of anilines is 1. The van der Waals surface area contributed by atoms with E-state index in [1.54, 1.807) is 41.3 Å². The van der Waals surface area contributed by atoms with Gasteiger partial charge in [0, 0.05) is 24.2 Å². The standard InChI is InChI=1S/C20H20ClN3O4S/c21-15-5-4-8-18(13-15)29(27,28)22-11-9-16(10-12-22)23-14-19(25)24(20(23)26)17-6-2-1-3-7-17/h1-8,13,16H,9-12,14H2. The van der Waals surface area contributed by atoms with Gasteiger partial charge in [-0.15, -0.1) is 0 Å². The van der Waals surface area contributed by atoms with Crippen LogP contribution in [0, 0.1) is 0 Å². The molecule has 0 N–H and O–H groups in total. The molecule has 4 rings (SSSR count). The number of rotatable bonds is 4. The number of amides is 3. The molecule has 0 radical (unpaired) electrons. The maximum Gasteiger partial charge on any atom is 0.332 e. The fourth-order valence-corrected chi connectivity index (χ4v) is 5.58. The van der Waals surface area contributed by atoms with Crippen molar-refractivity contribution in [3.05, 3.63) is 59.6 Å². The molecule has 2 aliphatic heterocycles. The molecule has 0 spiro atoms. The predicted octanol–water partition coefficient (Wildman–Crippen LogP) is 2.96. The Kier molecular flexibility index (Phi) is 5.33. The lowest BCUT2D eigenvalue weighted by molar-refractivity contribution is -0.116. The zero-order valence-electron chi connectivity index (χ0n) is 15.6. The van der Waals surface area contributed by atoms with Crippen molar-refractivity contribution >= 4 is 39.2 Å². The summed E-state index contributed by atoms with van der Waals surface area (Å²) in [6.45, 7) is 0.574. The molecule has 3 amide bonds. The highest BCUT2D eigenvalue weighted by Crippen LogP contribution is 2.28. The Morgan fingerprint density at radius 3 is 2.28 bits per heavy atom. The van der Waals surface area contributed by atoms with E-state index in [-0.39, 0.29) is 42.5 Å². The number of halogens is 1. The normalized spacial score (nSPS) is 19.2. The minimum Gasteiger partial charge on any atom is -0.312 e. The minimum atomic E-state index is -3.64. The first-order valence-electron chi connectivity index (χ1n) is 9.32. The third-order valence-corrected chi connectivity index (χ3v) is 7.43. The molecule has 29 heavy (non-hydrogen) atoms. The number of sulfonamides is 1. The Balaban J connectivity index is 1.45. The second-order valence-corrected chi connectivity index (χ2v) is 9.44. The highest BCUT2D eigenvalue weighted by atomic mass is 35.5. The van der Waals surface area contributed by atoms with Gasteiger partial charge in [0.2, 0.25) is 10.0 Å². The maximum absolute atomic E-state index is 12.8. The first kappa shape index (κ1) is 19.9. The molecule has 2 heterocycles. The van der Waals surface area contributed by atoms with Crippen LogP contribution in [0.25, 0.3) is 0 Å². The summed E-state index contributed by atoms with van der Waals surface area (Å²) in [5.74, 6) is -0.268. The number of benzene rings is 2. The molecule has 2 saturated heterocycles. The maximum atomic E-state index is 12.8. The van der Waals surface area contributed by atoms with Crippen LogP contribution in [0.5, 0.6) is 0 Å². The first-order chi connectivity index (χ1) is 13.9. The zero-order valence-corrected chi connectivity index (χ0v) is 17.1. The van der Waals surface area contributed by atoms with Crippen LogP contribution in [0.15, 0.2) is 59.5 Å². The van der Waals surface area contributed by atoms with Gasteiger partial charge in [-0.25, -0.2) is 18.1 Å². The molecule has 0 unspecified atom stereocenters. The van der Waals surface area contributed by atoms with Crippen LogP contribution in [-0.2, 0) is 14.8 Å². The van der Waals surface area contributed by atoms with Crippen molar-refractivity contribution in [2.75, 3.05) is 24.5 Å². The van der Waals surface area contributed by atoms with Crippen LogP contribution in [-0.4, -0.2) is 55.2 Å². The number of urea groups is 1. The van der Waals surface area contributed by atoms with E-state index < -0.39 is 10.0 Å². The van der Waals surface area contributed by atoms with Gasteiger partial charge < -0.3 is 4.90 Å². The van der Waals surface area contributed by atoms with E-state index in [0.29, 0.717) is 23.6 Å². The van der Waals surface area contributed by atoms with Crippen molar-refractivity contribution in [1.29, 1.82) is 0 Å². The first-order valence-corrected chi connectivity index (χ1v) is 11.1. The molecule has 0 aromatic heterocycles. The molecule has 9 heteroatoms. The lowest BCUT2D eigenvalue weighted by atomic mass is 10.1. The summed E-state index contributed by atoms with van der Waals surface area (Å²) in [6.07, 6.45) is 0.947. The Hall–Kier alpha value is -2.42. The molecule has 0 aliphatic carbocycles. The number of carbonyl (C=O) groups is 2. The Bertz CT molecular complexity index is 1040. The highest BCUT2D eigenvalue weighted by Gasteiger charge is 2.42. The number of carbonyl (C=O) groups excluding carboxylic acids is 2. The number of hydrogen-bond donors (Lipinski definition) is 0. The van der Waals surface area contributed by atoms with E-state index in [1.807, 2.05) is 6.07 Å². The molecule has 0 bridgehead atoms. The summed E-state index contributed by atoms with van der Waals surface area (Å²) in [7, 11) is -3.64. The van der Waals surface area contributed by atoms with Gasteiger partial charge in [-0.3, -0.25) is 4.79 Å². The quantitative estimate of drug-likeness (QED) is 0.694. The summed E-state index contributed by atoms with van der Waals surface area (Å²) >= 11 is 5.93. The molecule has 7 nitrogen and oxygen atoms in total. The smallest absolute Gasteiger partial charge is 0.312 e. The summed E-state index contributed by atoms with van der Waals surface area (Å²) < 4.78 is 27.1. The topological polar surface area (TPSA) is 78.0 Å². The van der Waals surface area contributed by atoms with Crippen molar-refractivity contribution in [3.8, 4) is 0 Å². The lowest BCUT2D eigenvalue weighted by Crippen LogP contribution is -2.48. The summed E-state index contributed by atoms with van der Waals surface area (Å²) in [4.78, 5) is 28.2. The minimum absolute atomic E-state index is 0.0133. The number of hydrogen-bond acceptors (Lipinski definition) is 4. The molecule has 2 aromatic carbocycles. The van der Waals surface area contributed by atoms with Crippen LogP contribution in [0.3, 0.4) is 0 Å². The zero-order chi connectivity index (χ0) is 20.6. The van der Waals surface area contributed by atoms with Crippen LogP contribution in [0.2, 0.25) is 5.02 Å². The molecular formula is C20H20ClN3O4S. The Morgan fingerprint density at radius 2 is 1.62 bits per heavy atom. The summed E-state index contributed by atoms with van der Waals surface area (Å²) in [6, 6.07) is 14.5. The van der Waals surface area contributed by atoms with Crippen LogP contribution >= 0.6 is 11.6 Å². The van der Waals surface area contributed by atoms with Crippen molar-refractivity contribution < 1.29 is 18.0 Å². The molecule has 0 saturated carbocycles. The largest absolute Gasteiger partial charge is 0.332 e. The average molecular weight is 434 g/mol. The van der Waals surface area contributed by atoms with Gasteiger partial charge >= 0.3 is 6.03 Å². The second-order valence-electron chi connectivity index (χ2n) is 7.07. The van der Waals surface area contributed by atoms with E-state index in [0.717, 1.165) is 0 Å². The fraction of sp³-hybridized carbons (Fsp3) is 0.300. The molecule has 2 fully saturated rings. The monoisotopic (exact) mass is 433 g/mol. The van der Waals surface area contributed by atoms with Gasteiger partial charge in [-0.1, -0.05) is 35.9 Å². The van der Waals surface area contributed by atoms with E-state index in [4.69, 9.17) is 11.6 Å². The number of imide groups is 1. The van der Waals surface area contributed by atoms with E-state index in [2.05, 4.69) is 0 Å².